The second-order valence-corrected chi connectivity index (χ2v) is 6.62. The van der Waals surface area contributed by atoms with E-state index in [1.54, 1.807) is 7.11 Å². The highest BCUT2D eigenvalue weighted by atomic mass is 16.5. The molecule has 0 radical (unpaired) electrons. The Balaban J connectivity index is 2.04. The van der Waals surface area contributed by atoms with Crippen LogP contribution in [0.5, 0.6) is 5.75 Å². The van der Waals surface area contributed by atoms with Crippen LogP contribution in [0.3, 0.4) is 0 Å². The van der Waals surface area contributed by atoms with Crippen molar-refractivity contribution in [1.29, 1.82) is 0 Å². The molecule has 2 fully saturated rings. The maximum absolute atomic E-state index is 6.27. The van der Waals surface area contributed by atoms with E-state index in [4.69, 9.17) is 10.5 Å². The molecule has 3 nitrogen and oxygen atoms in total. The van der Waals surface area contributed by atoms with Crippen molar-refractivity contribution in [1.82, 2.24) is 0 Å². The Hall–Kier alpha value is -1.22. The number of hydrogen-bond donors (Lipinski definition) is 1. The Bertz CT molecular complexity index is 474. The summed E-state index contributed by atoms with van der Waals surface area (Å²) < 4.78 is 5.49. The molecule has 21 heavy (non-hydrogen) atoms. The van der Waals surface area contributed by atoms with Gasteiger partial charge in [0.2, 0.25) is 0 Å². The molecule has 3 heteroatoms. The minimum atomic E-state index is 0.157. The third-order valence-corrected chi connectivity index (χ3v) is 5.42. The van der Waals surface area contributed by atoms with E-state index in [0.717, 1.165) is 12.3 Å². The first-order valence-electron chi connectivity index (χ1n) is 8.43. The summed E-state index contributed by atoms with van der Waals surface area (Å²) in [7, 11) is 1.75. The molecular weight excluding hydrogens is 260 g/mol. The number of nitrogens with zero attached hydrogens (tertiary/aromatic N) is 1. The Labute approximate surface area is 128 Å². The van der Waals surface area contributed by atoms with E-state index in [-0.39, 0.29) is 5.41 Å². The van der Waals surface area contributed by atoms with Crippen LogP contribution >= 0.6 is 0 Å². The lowest BCUT2D eigenvalue weighted by atomic mass is 9.68. The van der Waals surface area contributed by atoms with Gasteiger partial charge in [0.25, 0.3) is 0 Å². The lowest BCUT2D eigenvalue weighted by Gasteiger charge is -2.39. The molecular formula is C18H28N2O. The van der Waals surface area contributed by atoms with Crippen LogP contribution < -0.4 is 15.4 Å². The zero-order valence-electron chi connectivity index (χ0n) is 13.2. The van der Waals surface area contributed by atoms with Crippen molar-refractivity contribution in [2.45, 2.75) is 50.4 Å². The van der Waals surface area contributed by atoms with Crippen molar-refractivity contribution in [2.75, 3.05) is 31.6 Å². The Kier molecular flexibility index (Phi) is 4.39. The van der Waals surface area contributed by atoms with Crippen molar-refractivity contribution in [2.24, 2.45) is 5.73 Å². The minimum absolute atomic E-state index is 0.157. The van der Waals surface area contributed by atoms with Crippen LogP contribution in [0.25, 0.3) is 0 Å². The van der Waals surface area contributed by atoms with Crippen molar-refractivity contribution in [3.05, 3.63) is 23.8 Å². The number of nitrogens with two attached hydrogens (primary N) is 1. The second kappa shape index (κ2) is 6.27. The summed E-state index contributed by atoms with van der Waals surface area (Å²) in [4.78, 5) is 2.54. The molecule has 2 N–H and O–H groups in total. The van der Waals surface area contributed by atoms with Gasteiger partial charge in [0.15, 0.2) is 0 Å². The van der Waals surface area contributed by atoms with Crippen LogP contribution in [0.4, 0.5) is 5.69 Å². The number of methoxy groups -OCH3 is 1. The summed E-state index contributed by atoms with van der Waals surface area (Å²) in [5.41, 5.74) is 9.27. The molecule has 0 unspecified atom stereocenters. The molecule has 2 aliphatic rings. The van der Waals surface area contributed by atoms with Crippen LogP contribution in [0, 0.1) is 0 Å². The summed E-state index contributed by atoms with van der Waals surface area (Å²) in [5, 5.41) is 0. The summed E-state index contributed by atoms with van der Waals surface area (Å²) in [6.45, 7) is 3.11. The van der Waals surface area contributed by atoms with E-state index in [1.807, 2.05) is 0 Å². The summed E-state index contributed by atoms with van der Waals surface area (Å²) in [5.74, 6) is 0.964. The molecule has 3 rings (SSSR count). The molecule has 1 heterocycles. The fourth-order valence-electron chi connectivity index (χ4n) is 4.11. The van der Waals surface area contributed by atoms with Crippen molar-refractivity contribution >= 4 is 5.69 Å². The lowest BCUT2D eigenvalue weighted by Crippen LogP contribution is -2.38. The maximum atomic E-state index is 6.27. The van der Waals surface area contributed by atoms with Crippen molar-refractivity contribution in [3.8, 4) is 5.75 Å². The van der Waals surface area contributed by atoms with Gasteiger partial charge < -0.3 is 15.4 Å². The number of rotatable bonds is 4. The van der Waals surface area contributed by atoms with E-state index >= 15 is 0 Å². The summed E-state index contributed by atoms with van der Waals surface area (Å²) in [6, 6.07) is 6.61. The predicted molar refractivity (Wildman–Crippen MR) is 88.3 cm³/mol. The number of anilines is 1. The van der Waals surface area contributed by atoms with Crippen LogP contribution in [0.15, 0.2) is 18.2 Å². The Morgan fingerprint density at radius 2 is 1.81 bits per heavy atom. The van der Waals surface area contributed by atoms with Crippen LogP contribution in [-0.4, -0.2) is 26.7 Å². The van der Waals surface area contributed by atoms with Gasteiger partial charge >= 0.3 is 0 Å². The molecule has 1 aliphatic carbocycles. The molecule has 0 aromatic heterocycles. The monoisotopic (exact) mass is 288 g/mol. The van der Waals surface area contributed by atoms with Gasteiger partial charge in [-0.05, 0) is 49.4 Å². The highest BCUT2D eigenvalue weighted by molar-refractivity contribution is 5.60. The first-order valence-corrected chi connectivity index (χ1v) is 8.43. The highest BCUT2D eigenvalue weighted by Gasteiger charge is 2.36. The molecule has 1 aromatic carbocycles. The van der Waals surface area contributed by atoms with Gasteiger partial charge in [-0.3, -0.25) is 0 Å². The highest BCUT2D eigenvalue weighted by Crippen LogP contribution is 2.44. The number of ether oxygens (including phenoxy) is 1. The first kappa shape index (κ1) is 14.7. The molecule has 0 amide bonds. The minimum Gasteiger partial charge on any atom is -0.497 e. The zero-order chi connectivity index (χ0) is 14.7. The van der Waals surface area contributed by atoms with E-state index in [9.17, 15) is 0 Å². The van der Waals surface area contributed by atoms with E-state index in [0.29, 0.717) is 0 Å². The van der Waals surface area contributed by atoms with Crippen LogP contribution in [0.2, 0.25) is 0 Å². The smallest absolute Gasteiger partial charge is 0.119 e. The van der Waals surface area contributed by atoms with E-state index < -0.39 is 0 Å². The lowest BCUT2D eigenvalue weighted by molar-refractivity contribution is 0.299. The molecule has 0 bridgehead atoms. The zero-order valence-corrected chi connectivity index (χ0v) is 13.2. The molecule has 1 saturated heterocycles. The quantitative estimate of drug-likeness (QED) is 0.922. The Morgan fingerprint density at radius 3 is 2.43 bits per heavy atom. The normalized spacial score (nSPS) is 21.5. The molecule has 116 valence electrons. The standard InChI is InChI=1S/C18H28N2O/c1-21-15-7-8-17(20-11-5-6-12-20)16(13-15)18(14-19)9-3-2-4-10-18/h7-8,13H,2-6,9-12,14,19H2,1H3. The third kappa shape index (κ3) is 2.76. The SMILES string of the molecule is COc1ccc(N2CCCC2)c(C2(CN)CCCCC2)c1. The average Bonchev–Trinajstić information content (AvgIpc) is 3.09. The van der Waals surface area contributed by atoms with Gasteiger partial charge in [-0.2, -0.15) is 0 Å². The van der Waals surface area contributed by atoms with Gasteiger partial charge in [0.05, 0.1) is 7.11 Å². The molecule has 0 atom stereocenters. The van der Waals surface area contributed by atoms with E-state index in [1.165, 1.54) is 69.3 Å². The summed E-state index contributed by atoms with van der Waals surface area (Å²) >= 11 is 0. The number of hydrogen-bond acceptors (Lipinski definition) is 3. The maximum Gasteiger partial charge on any atom is 0.119 e. The topological polar surface area (TPSA) is 38.5 Å². The number of benzene rings is 1. The van der Waals surface area contributed by atoms with Crippen molar-refractivity contribution < 1.29 is 4.74 Å². The van der Waals surface area contributed by atoms with Gasteiger partial charge in [-0.25, -0.2) is 0 Å². The summed E-state index contributed by atoms with van der Waals surface area (Å²) in [6.07, 6.45) is 9.00. The van der Waals surface area contributed by atoms with Gasteiger partial charge in [-0.1, -0.05) is 19.3 Å². The van der Waals surface area contributed by atoms with Crippen molar-refractivity contribution in [3.63, 3.8) is 0 Å². The second-order valence-electron chi connectivity index (χ2n) is 6.62. The van der Waals surface area contributed by atoms with Gasteiger partial charge in [0.1, 0.15) is 5.75 Å². The Morgan fingerprint density at radius 1 is 1.10 bits per heavy atom. The first-order chi connectivity index (χ1) is 10.3. The fraction of sp³-hybridized carbons (Fsp3) is 0.667. The van der Waals surface area contributed by atoms with Crippen LogP contribution in [-0.2, 0) is 5.41 Å². The largest absolute Gasteiger partial charge is 0.497 e. The van der Waals surface area contributed by atoms with Gasteiger partial charge in [0, 0.05) is 30.7 Å². The third-order valence-electron chi connectivity index (χ3n) is 5.42. The average molecular weight is 288 g/mol. The predicted octanol–water partition coefficient (Wildman–Crippen LogP) is 3.46. The molecule has 1 aliphatic heterocycles. The molecule has 1 aromatic rings. The molecule has 0 spiro atoms. The van der Waals surface area contributed by atoms with Crippen LogP contribution in [0.1, 0.15) is 50.5 Å². The fourth-order valence-corrected chi connectivity index (χ4v) is 4.11. The van der Waals surface area contributed by atoms with E-state index in [2.05, 4.69) is 23.1 Å². The molecule has 1 saturated carbocycles. The van der Waals surface area contributed by atoms with Gasteiger partial charge in [-0.15, -0.1) is 0 Å².